The van der Waals surface area contributed by atoms with E-state index in [2.05, 4.69) is 20.2 Å². The summed E-state index contributed by atoms with van der Waals surface area (Å²) in [4.78, 5) is 11.9. The second kappa shape index (κ2) is 9.32. The van der Waals surface area contributed by atoms with Crippen LogP contribution in [-0.4, -0.2) is 20.0 Å². The minimum absolute atomic E-state index is 0.120. The normalized spacial score (nSPS) is 18.0. The van der Waals surface area contributed by atoms with E-state index in [1.54, 1.807) is 30.4 Å². The van der Waals surface area contributed by atoms with Gasteiger partial charge in [0.1, 0.15) is 11.8 Å². The number of rotatable bonds is 6. The van der Waals surface area contributed by atoms with Crippen molar-refractivity contribution in [3.63, 3.8) is 0 Å². The van der Waals surface area contributed by atoms with Crippen LogP contribution in [0.5, 0.6) is 0 Å². The molecule has 0 unspecified atom stereocenters. The van der Waals surface area contributed by atoms with E-state index >= 15 is 0 Å². The van der Waals surface area contributed by atoms with Gasteiger partial charge < -0.3 is 14.6 Å². The Balaban J connectivity index is 1.47. The minimum Gasteiger partial charge on any atom is -0.452 e. The number of hydrogen-bond donors (Lipinski definition) is 1. The predicted molar refractivity (Wildman–Crippen MR) is 130 cm³/mol. The van der Waals surface area contributed by atoms with Crippen molar-refractivity contribution in [1.82, 2.24) is 20.2 Å². The van der Waals surface area contributed by atoms with E-state index in [-0.39, 0.29) is 12.1 Å². The fourth-order valence-corrected chi connectivity index (χ4v) is 4.95. The average Bonchev–Trinajstić information content (AvgIpc) is 3.41. The molecule has 5 nitrogen and oxygen atoms in total. The van der Waals surface area contributed by atoms with Crippen LogP contribution in [0, 0.1) is 0 Å². The van der Waals surface area contributed by atoms with Crippen LogP contribution in [0.3, 0.4) is 0 Å². The molecule has 0 spiro atoms. The molecule has 4 heterocycles. The van der Waals surface area contributed by atoms with Crippen molar-refractivity contribution in [2.75, 3.05) is 0 Å². The Bertz CT molecular complexity index is 1200. The number of thiocarbonyl (C=S) groups is 1. The van der Waals surface area contributed by atoms with Gasteiger partial charge in [0.25, 0.3) is 0 Å². The highest BCUT2D eigenvalue weighted by Gasteiger charge is 2.41. The van der Waals surface area contributed by atoms with Crippen LogP contribution in [-0.2, 0) is 6.54 Å². The first-order chi connectivity index (χ1) is 15.7. The maximum Gasteiger partial charge on any atom is 0.170 e. The van der Waals surface area contributed by atoms with E-state index in [9.17, 15) is 0 Å². The molecule has 1 aromatic carbocycles. The molecule has 160 valence electrons. The van der Waals surface area contributed by atoms with Gasteiger partial charge in [0, 0.05) is 35.1 Å². The molecule has 0 saturated carbocycles. The smallest absolute Gasteiger partial charge is 0.170 e. The standard InChI is InChI=1S/C24H19ClN4OS2/c25-17-4-6-18(7-5-17)32-21-9-8-20(30-21)23-22(19-3-1-2-12-27-19)28-24(31)29(23)15-16-10-13-26-14-11-16/h1-14,22-23H,15H2,(H,28,31)/t22-,23+/m0/s1. The molecular weight excluding hydrogens is 460 g/mol. The Morgan fingerprint density at radius 2 is 1.81 bits per heavy atom. The molecule has 5 rings (SSSR count). The molecule has 1 N–H and O–H groups in total. The van der Waals surface area contributed by atoms with Crippen molar-refractivity contribution >= 4 is 40.7 Å². The Morgan fingerprint density at radius 3 is 2.56 bits per heavy atom. The fourth-order valence-electron chi connectivity index (χ4n) is 3.74. The van der Waals surface area contributed by atoms with Crippen LogP contribution in [0.15, 0.2) is 99.7 Å². The maximum absolute atomic E-state index is 6.32. The van der Waals surface area contributed by atoms with Crippen molar-refractivity contribution in [3.05, 3.63) is 107 Å². The summed E-state index contributed by atoms with van der Waals surface area (Å²) in [6, 6.07) is 21.4. The number of aromatic nitrogens is 2. The summed E-state index contributed by atoms with van der Waals surface area (Å²) in [5.74, 6) is 0.832. The van der Waals surface area contributed by atoms with Gasteiger partial charge in [-0.05, 0) is 78.4 Å². The summed E-state index contributed by atoms with van der Waals surface area (Å²) in [6.45, 7) is 0.642. The fraction of sp³-hybridized carbons (Fsp3) is 0.125. The third-order valence-electron chi connectivity index (χ3n) is 5.23. The molecule has 1 fully saturated rings. The van der Waals surface area contributed by atoms with Crippen molar-refractivity contribution < 1.29 is 4.42 Å². The van der Waals surface area contributed by atoms with Crippen molar-refractivity contribution in [2.24, 2.45) is 0 Å². The summed E-state index contributed by atoms with van der Waals surface area (Å²) < 4.78 is 6.32. The van der Waals surface area contributed by atoms with Gasteiger partial charge in [-0.3, -0.25) is 9.97 Å². The van der Waals surface area contributed by atoms with Gasteiger partial charge in [-0.1, -0.05) is 29.4 Å². The summed E-state index contributed by atoms with van der Waals surface area (Å²) in [5, 5.41) is 5.65. The van der Waals surface area contributed by atoms with Gasteiger partial charge in [0.15, 0.2) is 10.2 Å². The highest BCUT2D eigenvalue weighted by molar-refractivity contribution is 7.99. The minimum atomic E-state index is -0.134. The second-order valence-electron chi connectivity index (χ2n) is 7.32. The SMILES string of the molecule is S=C1N[C@@H](c2ccccn2)[C@@H](c2ccc(Sc3ccc(Cl)cc3)o2)N1Cc1ccncc1. The summed E-state index contributed by atoms with van der Waals surface area (Å²) in [6.07, 6.45) is 5.38. The number of hydrogen-bond acceptors (Lipinski definition) is 5. The quantitative estimate of drug-likeness (QED) is 0.338. The van der Waals surface area contributed by atoms with Crippen LogP contribution < -0.4 is 5.32 Å². The lowest BCUT2D eigenvalue weighted by molar-refractivity contribution is 0.254. The molecule has 8 heteroatoms. The average molecular weight is 479 g/mol. The molecule has 32 heavy (non-hydrogen) atoms. The van der Waals surface area contributed by atoms with Crippen molar-refractivity contribution in [2.45, 2.75) is 28.6 Å². The third kappa shape index (κ3) is 4.50. The number of nitrogens with one attached hydrogen (secondary N) is 1. The number of pyridine rings is 2. The van der Waals surface area contributed by atoms with Crippen LogP contribution in [0.4, 0.5) is 0 Å². The third-order valence-corrected chi connectivity index (χ3v) is 6.76. The van der Waals surface area contributed by atoms with Crippen LogP contribution in [0.1, 0.15) is 29.1 Å². The largest absolute Gasteiger partial charge is 0.452 e. The molecule has 0 aliphatic carbocycles. The monoisotopic (exact) mass is 478 g/mol. The summed E-state index contributed by atoms with van der Waals surface area (Å²) in [7, 11) is 0. The lowest BCUT2D eigenvalue weighted by atomic mass is 10.0. The van der Waals surface area contributed by atoms with E-state index in [0.717, 1.165) is 27.0 Å². The molecule has 0 amide bonds. The molecule has 2 atom stereocenters. The molecule has 1 saturated heterocycles. The van der Waals surface area contributed by atoms with Gasteiger partial charge in [-0.15, -0.1) is 0 Å². The van der Waals surface area contributed by atoms with Gasteiger partial charge in [-0.25, -0.2) is 0 Å². The van der Waals surface area contributed by atoms with Crippen molar-refractivity contribution in [1.29, 1.82) is 0 Å². The zero-order valence-corrected chi connectivity index (χ0v) is 19.3. The number of halogens is 1. The molecule has 1 aliphatic heterocycles. The van der Waals surface area contributed by atoms with E-state index in [4.69, 9.17) is 28.2 Å². The van der Waals surface area contributed by atoms with Gasteiger partial charge >= 0.3 is 0 Å². The lowest BCUT2D eigenvalue weighted by Crippen LogP contribution is -2.29. The topological polar surface area (TPSA) is 54.2 Å². The molecule has 0 radical (unpaired) electrons. The van der Waals surface area contributed by atoms with Gasteiger partial charge in [-0.2, -0.15) is 0 Å². The molecule has 0 bridgehead atoms. The van der Waals surface area contributed by atoms with Crippen LogP contribution >= 0.6 is 35.6 Å². The molecule has 1 aliphatic rings. The Morgan fingerprint density at radius 1 is 1.00 bits per heavy atom. The first-order valence-corrected chi connectivity index (χ1v) is 11.7. The highest BCUT2D eigenvalue weighted by atomic mass is 35.5. The van der Waals surface area contributed by atoms with Gasteiger partial charge in [0.05, 0.1) is 11.7 Å². The molecule has 3 aromatic heterocycles. The van der Waals surface area contributed by atoms with E-state index in [1.165, 1.54) is 0 Å². The zero-order chi connectivity index (χ0) is 21.9. The number of furan rings is 1. The van der Waals surface area contributed by atoms with Crippen LogP contribution in [0.2, 0.25) is 5.02 Å². The Hall–Kier alpha value is -2.87. The van der Waals surface area contributed by atoms with Gasteiger partial charge in [0.2, 0.25) is 0 Å². The van der Waals surface area contributed by atoms with E-state index < -0.39 is 0 Å². The lowest BCUT2D eigenvalue weighted by Gasteiger charge is -2.26. The first-order valence-electron chi connectivity index (χ1n) is 10.1. The highest BCUT2D eigenvalue weighted by Crippen LogP contribution is 2.41. The molecule has 4 aromatic rings. The summed E-state index contributed by atoms with van der Waals surface area (Å²) >= 11 is 13.3. The zero-order valence-electron chi connectivity index (χ0n) is 16.9. The van der Waals surface area contributed by atoms with E-state index in [1.807, 2.05) is 66.7 Å². The van der Waals surface area contributed by atoms with E-state index in [0.29, 0.717) is 16.7 Å². The maximum atomic E-state index is 6.32. The Kier molecular flexibility index (Phi) is 6.12. The van der Waals surface area contributed by atoms with Crippen LogP contribution in [0.25, 0.3) is 0 Å². The second-order valence-corrected chi connectivity index (χ2v) is 9.22. The first kappa shape index (κ1) is 21.0. The molecular formula is C24H19ClN4OS2. The number of nitrogens with zero attached hydrogens (tertiary/aromatic N) is 3. The van der Waals surface area contributed by atoms with Crippen molar-refractivity contribution in [3.8, 4) is 0 Å². The predicted octanol–water partition coefficient (Wildman–Crippen LogP) is 6.05. The summed E-state index contributed by atoms with van der Waals surface area (Å²) in [5.41, 5.74) is 2.04. The number of benzene rings is 1. The Labute approximate surface area is 200 Å².